The number of imide groups is 1. The highest BCUT2D eigenvalue weighted by Gasteiger charge is 2.34. The van der Waals surface area contributed by atoms with Crippen molar-refractivity contribution in [2.45, 2.75) is 13.5 Å². The highest BCUT2D eigenvalue weighted by Crippen LogP contribution is 2.38. The second-order valence-corrected chi connectivity index (χ2v) is 7.55. The average Bonchev–Trinajstić information content (AvgIpc) is 3.06. The molecule has 0 atom stereocenters. The molecule has 1 N–H and O–H groups in total. The summed E-state index contributed by atoms with van der Waals surface area (Å²) < 4.78 is 24.9. The van der Waals surface area contributed by atoms with Crippen molar-refractivity contribution >= 4 is 35.3 Å². The van der Waals surface area contributed by atoms with E-state index in [1.807, 2.05) is 6.92 Å². The summed E-state index contributed by atoms with van der Waals surface area (Å²) in [7, 11) is 0. The molecule has 0 aliphatic carbocycles. The summed E-state index contributed by atoms with van der Waals surface area (Å²) >= 11 is 6.45. The Balaban J connectivity index is 1.60. The minimum Gasteiger partial charge on any atom is -0.490 e. The van der Waals surface area contributed by atoms with E-state index in [0.29, 0.717) is 34.9 Å². The number of rotatable bonds is 7. The smallest absolute Gasteiger partial charge is 0.333 e. The van der Waals surface area contributed by atoms with Crippen molar-refractivity contribution in [3.05, 3.63) is 94.4 Å². The number of halogens is 2. The lowest BCUT2D eigenvalue weighted by Gasteiger charge is -2.15. The molecule has 33 heavy (non-hydrogen) atoms. The number of benzene rings is 3. The molecular formula is C25H20ClFN2O4. The van der Waals surface area contributed by atoms with E-state index in [4.69, 9.17) is 21.1 Å². The van der Waals surface area contributed by atoms with Crippen LogP contribution in [0.2, 0.25) is 5.02 Å². The minimum absolute atomic E-state index is 0.0958. The van der Waals surface area contributed by atoms with Gasteiger partial charge in [0.25, 0.3) is 5.91 Å². The Kier molecular flexibility index (Phi) is 6.60. The first-order valence-corrected chi connectivity index (χ1v) is 10.6. The number of ether oxygens (including phenoxy) is 2. The normalized spacial score (nSPS) is 14.5. The van der Waals surface area contributed by atoms with Crippen LogP contribution in [0, 0.1) is 5.82 Å². The number of amides is 3. The highest BCUT2D eigenvalue weighted by atomic mass is 35.5. The third-order valence-electron chi connectivity index (χ3n) is 4.81. The number of carbonyl (C=O) groups is 2. The van der Waals surface area contributed by atoms with Gasteiger partial charge in [0.05, 0.1) is 17.3 Å². The van der Waals surface area contributed by atoms with E-state index >= 15 is 0 Å². The zero-order chi connectivity index (χ0) is 23.4. The molecule has 1 fully saturated rings. The predicted molar refractivity (Wildman–Crippen MR) is 124 cm³/mol. The first-order chi connectivity index (χ1) is 16.0. The average molecular weight is 467 g/mol. The number of carbonyl (C=O) groups excluding carboxylic acids is 2. The molecule has 168 valence electrons. The molecule has 0 spiro atoms. The van der Waals surface area contributed by atoms with Gasteiger partial charge in [-0.1, -0.05) is 41.9 Å². The SMILES string of the molecule is CCOc1cc(/C=C2/NC(=O)N(c3ccccc3)C2=O)cc(Cl)c1OCc1cccc(F)c1. The Hall–Kier alpha value is -3.84. The van der Waals surface area contributed by atoms with Crippen molar-refractivity contribution in [3.63, 3.8) is 0 Å². The lowest BCUT2D eigenvalue weighted by molar-refractivity contribution is -0.113. The molecule has 0 bridgehead atoms. The Bertz CT molecular complexity index is 1230. The summed E-state index contributed by atoms with van der Waals surface area (Å²) in [6.07, 6.45) is 1.52. The summed E-state index contributed by atoms with van der Waals surface area (Å²) in [6.45, 7) is 2.26. The lowest BCUT2D eigenvalue weighted by atomic mass is 10.1. The van der Waals surface area contributed by atoms with Crippen LogP contribution >= 0.6 is 11.6 Å². The number of hydrogen-bond acceptors (Lipinski definition) is 4. The maximum absolute atomic E-state index is 13.4. The van der Waals surface area contributed by atoms with Gasteiger partial charge >= 0.3 is 6.03 Å². The van der Waals surface area contributed by atoms with Crippen LogP contribution in [-0.4, -0.2) is 18.5 Å². The van der Waals surface area contributed by atoms with Crippen LogP contribution in [0.1, 0.15) is 18.1 Å². The van der Waals surface area contributed by atoms with Gasteiger partial charge in [-0.15, -0.1) is 0 Å². The van der Waals surface area contributed by atoms with Crippen LogP contribution in [0.5, 0.6) is 11.5 Å². The van der Waals surface area contributed by atoms with Gasteiger partial charge in [0.2, 0.25) is 0 Å². The summed E-state index contributed by atoms with van der Waals surface area (Å²) in [4.78, 5) is 26.3. The molecule has 1 aliphatic heterocycles. The molecule has 6 nitrogen and oxygen atoms in total. The van der Waals surface area contributed by atoms with E-state index in [2.05, 4.69) is 5.32 Å². The van der Waals surface area contributed by atoms with Gasteiger partial charge in [0, 0.05) is 0 Å². The number of hydrogen-bond donors (Lipinski definition) is 1. The van der Waals surface area contributed by atoms with Crippen LogP contribution in [0.15, 0.2) is 72.4 Å². The molecule has 3 aromatic rings. The van der Waals surface area contributed by atoms with Gasteiger partial charge in [0.1, 0.15) is 18.1 Å². The van der Waals surface area contributed by atoms with Crippen LogP contribution in [-0.2, 0) is 11.4 Å². The Morgan fingerprint density at radius 2 is 1.82 bits per heavy atom. The Morgan fingerprint density at radius 3 is 2.55 bits per heavy atom. The van der Waals surface area contributed by atoms with E-state index in [0.717, 1.165) is 4.90 Å². The molecule has 1 aliphatic rings. The van der Waals surface area contributed by atoms with Crippen molar-refractivity contribution in [2.24, 2.45) is 0 Å². The maximum atomic E-state index is 13.4. The fraction of sp³-hybridized carbons (Fsp3) is 0.120. The summed E-state index contributed by atoms with van der Waals surface area (Å²) in [6, 6.07) is 17.4. The molecule has 4 rings (SSSR count). The molecule has 3 amide bonds. The first-order valence-electron chi connectivity index (χ1n) is 10.2. The third-order valence-corrected chi connectivity index (χ3v) is 5.09. The van der Waals surface area contributed by atoms with Crippen LogP contribution in [0.25, 0.3) is 6.08 Å². The molecule has 0 unspecified atom stereocenters. The topological polar surface area (TPSA) is 67.9 Å². The monoisotopic (exact) mass is 466 g/mol. The van der Waals surface area contributed by atoms with E-state index in [1.165, 1.54) is 18.2 Å². The van der Waals surface area contributed by atoms with E-state index < -0.39 is 11.9 Å². The van der Waals surface area contributed by atoms with Gasteiger partial charge in [0.15, 0.2) is 11.5 Å². The minimum atomic E-state index is -0.538. The summed E-state index contributed by atoms with van der Waals surface area (Å²) in [5.41, 5.74) is 1.76. The van der Waals surface area contributed by atoms with Crippen molar-refractivity contribution in [1.29, 1.82) is 0 Å². The molecule has 8 heteroatoms. The zero-order valence-electron chi connectivity index (χ0n) is 17.7. The second-order valence-electron chi connectivity index (χ2n) is 7.15. The summed E-state index contributed by atoms with van der Waals surface area (Å²) in [5, 5.41) is 2.84. The number of nitrogens with one attached hydrogen (secondary N) is 1. The zero-order valence-corrected chi connectivity index (χ0v) is 18.4. The van der Waals surface area contributed by atoms with E-state index in [1.54, 1.807) is 54.6 Å². The molecule has 1 heterocycles. The molecule has 0 radical (unpaired) electrons. The second kappa shape index (κ2) is 9.75. The van der Waals surface area contributed by atoms with E-state index in [9.17, 15) is 14.0 Å². The van der Waals surface area contributed by atoms with Crippen molar-refractivity contribution < 1.29 is 23.5 Å². The van der Waals surface area contributed by atoms with Crippen molar-refractivity contribution in [2.75, 3.05) is 11.5 Å². The quantitative estimate of drug-likeness (QED) is 0.366. The largest absolute Gasteiger partial charge is 0.490 e. The predicted octanol–water partition coefficient (Wildman–Crippen LogP) is 5.55. The third kappa shape index (κ3) is 4.99. The lowest BCUT2D eigenvalue weighted by Crippen LogP contribution is -2.30. The maximum Gasteiger partial charge on any atom is 0.333 e. The van der Waals surface area contributed by atoms with Gasteiger partial charge < -0.3 is 14.8 Å². The number of urea groups is 1. The molecule has 1 saturated heterocycles. The van der Waals surface area contributed by atoms with Crippen molar-refractivity contribution in [1.82, 2.24) is 5.32 Å². The van der Waals surface area contributed by atoms with E-state index in [-0.39, 0.29) is 23.1 Å². The fourth-order valence-electron chi connectivity index (χ4n) is 3.37. The first kappa shape index (κ1) is 22.4. The Labute approximate surface area is 195 Å². The van der Waals surface area contributed by atoms with Gasteiger partial charge in [-0.25, -0.2) is 14.1 Å². The summed E-state index contributed by atoms with van der Waals surface area (Å²) in [5.74, 6) is -0.170. The van der Waals surface area contributed by atoms with Gasteiger partial charge in [-0.05, 0) is 60.5 Å². The number of anilines is 1. The fourth-order valence-corrected chi connectivity index (χ4v) is 3.64. The Morgan fingerprint density at radius 1 is 1.03 bits per heavy atom. The molecule has 0 aromatic heterocycles. The molecule has 3 aromatic carbocycles. The van der Waals surface area contributed by atoms with Gasteiger partial charge in [-0.2, -0.15) is 0 Å². The number of para-hydroxylation sites is 1. The van der Waals surface area contributed by atoms with Crippen molar-refractivity contribution in [3.8, 4) is 11.5 Å². The molecular weight excluding hydrogens is 447 g/mol. The number of nitrogens with zero attached hydrogens (tertiary/aromatic N) is 1. The molecule has 0 saturated carbocycles. The highest BCUT2D eigenvalue weighted by molar-refractivity contribution is 6.32. The standard InChI is InChI=1S/C25H20ClFN2O4/c1-2-32-22-14-17(12-20(26)23(22)33-15-16-7-6-8-18(27)11-16)13-21-24(30)29(25(31)28-21)19-9-4-3-5-10-19/h3-14H,2,15H2,1H3,(H,28,31)/b21-13+. The van der Waals surface area contributed by atoms with Crippen LogP contribution < -0.4 is 19.7 Å². The van der Waals surface area contributed by atoms with Crippen LogP contribution in [0.3, 0.4) is 0 Å². The van der Waals surface area contributed by atoms with Crippen LogP contribution in [0.4, 0.5) is 14.9 Å². The van der Waals surface area contributed by atoms with Gasteiger partial charge in [-0.3, -0.25) is 4.79 Å².